The van der Waals surface area contributed by atoms with E-state index < -0.39 is 0 Å². The van der Waals surface area contributed by atoms with Gasteiger partial charge in [0, 0.05) is 34.2 Å². The van der Waals surface area contributed by atoms with Crippen LogP contribution in [0.5, 0.6) is 0 Å². The average Bonchev–Trinajstić information content (AvgIpc) is 2.99. The second kappa shape index (κ2) is 11.9. The summed E-state index contributed by atoms with van der Waals surface area (Å²) in [7, 11) is 5.49. The molecule has 2 N–H and O–H groups in total. The van der Waals surface area contributed by atoms with Crippen LogP contribution in [0.2, 0.25) is 0 Å². The Balaban J connectivity index is 0.00000484. The van der Waals surface area contributed by atoms with Crippen molar-refractivity contribution in [1.29, 1.82) is 0 Å². The maximum absolute atomic E-state index is 12.5. The highest BCUT2D eigenvalue weighted by Crippen LogP contribution is 2.38. The number of amides is 1. The summed E-state index contributed by atoms with van der Waals surface area (Å²) < 4.78 is 0. The van der Waals surface area contributed by atoms with E-state index >= 15 is 0 Å². The van der Waals surface area contributed by atoms with Crippen LogP contribution in [0.3, 0.4) is 0 Å². The molecule has 1 rings (SSSR count). The minimum absolute atomic E-state index is 0. The number of nitrogens with one attached hydrogen (secondary N) is 2. The average molecular weight is 438 g/mol. The number of guanidine groups is 1. The lowest BCUT2D eigenvalue weighted by atomic mass is 9.84. The molecule has 0 aromatic carbocycles. The van der Waals surface area contributed by atoms with Crippen molar-refractivity contribution in [1.82, 2.24) is 15.5 Å². The molecule has 0 unspecified atom stereocenters. The molecule has 136 valence electrons. The molecule has 1 amide bonds. The SMILES string of the molecule is CCCCCCNC(=NC)NCC1(C(=O)N(C)C)CCCC1.I. The van der Waals surface area contributed by atoms with Crippen LogP contribution in [-0.4, -0.2) is 51.0 Å². The standard InChI is InChI=1S/C17H34N4O.HI/c1-5-6-7-10-13-19-16(18-2)20-14-17(11-8-9-12-17)15(22)21(3)4;/h5-14H2,1-4H3,(H2,18,19,20);1H. The predicted octanol–water partition coefficient (Wildman–Crippen LogP) is 3.00. The number of halogens is 1. The molecule has 0 atom stereocenters. The summed E-state index contributed by atoms with van der Waals surface area (Å²) in [4.78, 5) is 18.5. The van der Waals surface area contributed by atoms with Crippen molar-refractivity contribution >= 4 is 35.8 Å². The molecule has 0 saturated heterocycles. The van der Waals surface area contributed by atoms with Crippen molar-refractivity contribution in [2.24, 2.45) is 10.4 Å². The lowest BCUT2D eigenvalue weighted by Gasteiger charge is -2.31. The topological polar surface area (TPSA) is 56.7 Å². The molecule has 23 heavy (non-hydrogen) atoms. The van der Waals surface area contributed by atoms with Crippen LogP contribution >= 0.6 is 24.0 Å². The molecular formula is C17H35IN4O. The molecule has 1 aliphatic carbocycles. The van der Waals surface area contributed by atoms with Gasteiger partial charge in [0.2, 0.25) is 5.91 Å². The van der Waals surface area contributed by atoms with E-state index in [0.29, 0.717) is 6.54 Å². The highest BCUT2D eigenvalue weighted by Gasteiger charge is 2.42. The van der Waals surface area contributed by atoms with E-state index in [1.54, 1.807) is 11.9 Å². The highest BCUT2D eigenvalue weighted by atomic mass is 127. The lowest BCUT2D eigenvalue weighted by Crippen LogP contribution is -2.49. The second-order valence-corrected chi connectivity index (χ2v) is 6.60. The maximum Gasteiger partial charge on any atom is 0.230 e. The van der Waals surface area contributed by atoms with Gasteiger partial charge in [-0.3, -0.25) is 9.79 Å². The smallest absolute Gasteiger partial charge is 0.230 e. The highest BCUT2D eigenvalue weighted by molar-refractivity contribution is 14.0. The number of hydrogen-bond donors (Lipinski definition) is 2. The van der Waals surface area contributed by atoms with E-state index in [1.165, 1.54) is 19.3 Å². The number of nitrogens with zero attached hydrogens (tertiary/aromatic N) is 2. The zero-order valence-corrected chi connectivity index (χ0v) is 17.6. The van der Waals surface area contributed by atoms with Gasteiger partial charge in [-0.15, -0.1) is 24.0 Å². The molecule has 6 heteroatoms. The first kappa shape index (κ1) is 22.5. The van der Waals surface area contributed by atoms with Crippen LogP contribution in [-0.2, 0) is 4.79 Å². The van der Waals surface area contributed by atoms with Gasteiger partial charge < -0.3 is 15.5 Å². The molecule has 1 saturated carbocycles. The third-order valence-corrected chi connectivity index (χ3v) is 4.56. The van der Waals surface area contributed by atoms with Crippen molar-refractivity contribution in [2.75, 3.05) is 34.2 Å². The molecule has 0 aromatic heterocycles. The van der Waals surface area contributed by atoms with Gasteiger partial charge in [0.05, 0.1) is 5.41 Å². The Morgan fingerprint density at radius 1 is 1.13 bits per heavy atom. The van der Waals surface area contributed by atoms with Gasteiger partial charge in [0.1, 0.15) is 0 Å². The Morgan fingerprint density at radius 2 is 1.78 bits per heavy atom. The van der Waals surface area contributed by atoms with E-state index in [9.17, 15) is 4.79 Å². The van der Waals surface area contributed by atoms with Crippen molar-refractivity contribution in [2.45, 2.75) is 58.3 Å². The van der Waals surface area contributed by atoms with E-state index in [2.05, 4.69) is 22.5 Å². The minimum Gasteiger partial charge on any atom is -0.356 e. The third kappa shape index (κ3) is 7.27. The molecular weight excluding hydrogens is 403 g/mol. The molecule has 0 radical (unpaired) electrons. The first-order valence-corrected chi connectivity index (χ1v) is 8.72. The van der Waals surface area contributed by atoms with E-state index in [1.807, 2.05) is 14.1 Å². The van der Waals surface area contributed by atoms with Crippen LogP contribution < -0.4 is 10.6 Å². The van der Waals surface area contributed by atoms with E-state index in [0.717, 1.165) is 44.6 Å². The zero-order valence-electron chi connectivity index (χ0n) is 15.3. The number of rotatable bonds is 8. The Bertz CT molecular complexity index is 366. The van der Waals surface area contributed by atoms with Crippen molar-refractivity contribution in [3.8, 4) is 0 Å². The molecule has 0 heterocycles. The molecule has 5 nitrogen and oxygen atoms in total. The van der Waals surface area contributed by atoms with Gasteiger partial charge in [0.15, 0.2) is 5.96 Å². The summed E-state index contributed by atoms with van der Waals surface area (Å²) in [6.07, 6.45) is 9.19. The monoisotopic (exact) mass is 438 g/mol. The fourth-order valence-corrected chi connectivity index (χ4v) is 3.22. The number of carbonyl (C=O) groups is 1. The van der Waals surface area contributed by atoms with Gasteiger partial charge in [0.25, 0.3) is 0 Å². The third-order valence-electron chi connectivity index (χ3n) is 4.56. The number of carbonyl (C=O) groups excluding carboxylic acids is 1. The summed E-state index contributed by atoms with van der Waals surface area (Å²) >= 11 is 0. The van der Waals surface area contributed by atoms with Gasteiger partial charge in [-0.25, -0.2) is 0 Å². The van der Waals surface area contributed by atoms with Crippen LogP contribution in [0.15, 0.2) is 4.99 Å². The first-order chi connectivity index (χ1) is 10.6. The van der Waals surface area contributed by atoms with Crippen LogP contribution in [0.4, 0.5) is 0 Å². The van der Waals surface area contributed by atoms with Crippen molar-refractivity contribution in [3.63, 3.8) is 0 Å². The van der Waals surface area contributed by atoms with Crippen LogP contribution in [0.25, 0.3) is 0 Å². The van der Waals surface area contributed by atoms with Crippen molar-refractivity contribution in [3.05, 3.63) is 0 Å². The number of hydrogen-bond acceptors (Lipinski definition) is 2. The van der Waals surface area contributed by atoms with Crippen LogP contribution in [0, 0.1) is 5.41 Å². The minimum atomic E-state index is -0.247. The lowest BCUT2D eigenvalue weighted by molar-refractivity contribution is -0.138. The molecule has 0 aliphatic heterocycles. The fourth-order valence-electron chi connectivity index (χ4n) is 3.22. The Morgan fingerprint density at radius 3 is 2.30 bits per heavy atom. The van der Waals surface area contributed by atoms with E-state index in [4.69, 9.17) is 0 Å². The molecule has 0 spiro atoms. The Kier molecular flexibility index (Phi) is 11.6. The summed E-state index contributed by atoms with van der Waals surface area (Å²) in [5.74, 6) is 1.06. The summed E-state index contributed by atoms with van der Waals surface area (Å²) in [6.45, 7) is 3.84. The molecule has 0 bridgehead atoms. The quantitative estimate of drug-likeness (QED) is 0.265. The molecule has 1 fully saturated rings. The molecule has 0 aromatic rings. The normalized spacial score (nSPS) is 16.6. The second-order valence-electron chi connectivity index (χ2n) is 6.60. The van der Waals surface area contributed by atoms with Crippen molar-refractivity contribution < 1.29 is 4.79 Å². The van der Waals surface area contributed by atoms with E-state index in [-0.39, 0.29) is 35.3 Å². The largest absolute Gasteiger partial charge is 0.356 e. The fraction of sp³-hybridized carbons (Fsp3) is 0.882. The summed E-state index contributed by atoms with van der Waals surface area (Å²) in [5.41, 5.74) is -0.247. The van der Waals surface area contributed by atoms with Crippen LogP contribution in [0.1, 0.15) is 58.3 Å². The van der Waals surface area contributed by atoms with Gasteiger partial charge in [-0.2, -0.15) is 0 Å². The number of unbranched alkanes of at least 4 members (excludes halogenated alkanes) is 3. The van der Waals surface area contributed by atoms with Gasteiger partial charge >= 0.3 is 0 Å². The first-order valence-electron chi connectivity index (χ1n) is 8.72. The summed E-state index contributed by atoms with van der Waals surface area (Å²) in [6, 6.07) is 0. The molecule has 1 aliphatic rings. The Labute approximate surface area is 159 Å². The predicted molar refractivity (Wildman–Crippen MR) is 109 cm³/mol. The zero-order chi connectivity index (χ0) is 16.4. The Hall–Kier alpha value is -0.530. The van der Waals surface area contributed by atoms with Gasteiger partial charge in [-0.05, 0) is 19.3 Å². The maximum atomic E-state index is 12.5. The number of aliphatic imine (C=N–C) groups is 1. The summed E-state index contributed by atoms with van der Waals surface area (Å²) in [5, 5.41) is 6.72. The van der Waals surface area contributed by atoms with Gasteiger partial charge in [-0.1, -0.05) is 39.0 Å².